The van der Waals surface area contributed by atoms with Gasteiger partial charge in [-0.25, -0.2) is 0 Å². The van der Waals surface area contributed by atoms with E-state index in [-0.39, 0.29) is 17.9 Å². The number of hydrogen-bond donors (Lipinski definition) is 1. The van der Waals surface area contributed by atoms with E-state index >= 15 is 0 Å². The van der Waals surface area contributed by atoms with E-state index in [9.17, 15) is 9.59 Å². The molecule has 0 aromatic heterocycles. The minimum Gasteiger partial charge on any atom is -0.343 e. The topological polar surface area (TPSA) is 52.7 Å². The van der Waals surface area contributed by atoms with Crippen molar-refractivity contribution >= 4 is 17.5 Å². The van der Waals surface area contributed by atoms with Crippen LogP contribution < -0.4 is 10.2 Å². The monoisotopic (exact) mass is 343 g/mol. The molecule has 1 aromatic carbocycles. The molecule has 0 bridgehead atoms. The quantitative estimate of drug-likeness (QED) is 0.916. The van der Waals surface area contributed by atoms with E-state index in [1.807, 2.05) is 21.9 Å². The van der Waals surface area contributed by atoms with Gasteiger partial charge in [-0.2, -0.15) is 0 Å². The van der Waals surface area contributed by atoms with Crippen LogP contribution in [-0.2, 0) is 9.59 Å². The van der Waals surface area contributed by atoms with Gasteiger partial charge in [-0.1, -0.05) is 24.6 Å². The van der Waals surface area contributed by atoms with Crippen LogP contribution in [0.15, 0.2) is 24.3 Å². The van der Waals surface area contributed by atoms with Crippen molar-refractivity contribution in [3.63, 3.8) is 0 Å². The second kappa shape index (κ2) is 7.56. The van der Waals surface area contributed by atoms with Crippen molar-refractivity contribution in [2.24, 2.45) is 5.92 Å². The molecular formula is C20H29N3O2. The van der Waals surface area contributed by atoms with Gasteiger partial charge in [-0.15, -0.1) is 0 Å². The van der Waals surface area contributed by atoms with Gasteiger partial charge in [-0.3, -0.25) is 9.59 Å². The lowest BCUT2D eigenvalue weighted by Crippen LogP contribution is -2.58. The van der Waals surface area contributed by atoms with Crippen LogP contribution in [0.5, 0.6) is 0 Å². The average molecular weight is 343 g/mol. The Morgan fingerprint density at radius 3 is 2.52 bits per heavy atom. The normalized spacial score (nSPS) is 27.5. The molecule has 0 spiro atoms. The van der Waals surface area contributed by atoms with Gasteiger partial charge >= 0.3 is 0 Å². The zero-order valence-electron chi connectivity index (χ0n) is 15.5. The fraction of sp³-hybridized carbons (Fsp3) is 0.600. The van der Waals surface area contributed by atoms with E-state index in [0.29, 0.717) is 12.0 Å². The number of hydrogen-bond acceptors (Lipinski definition) is 3. The Bertz CT molecular complexity index is 628. The molecule has 0 aliphatic carbocycles. The van der Waals surface area contributed by atoms with Crippen molar-refractivity contribution in [3.05, 3.63) is 29.8 Å². The molecule has 0 radical (unpaired) electrons. The standard InChI is InChI=1S/C20H29N3O2/c1-14-6-8-17(9-7-14)23-11-4-5-19(20(23)25)21-18-10-12-22(16(3)24)13-15(18)2/h6-9,15,18-19,21H,4-5,10-13H2,1-3H3/t15-,18-,19+/m0/s1. The summed E-state index contributed by atoms with van der Waals surface area (Å²) in [6.07, 6.45) is 2.81. The van der Waals surface area contributed by atoms with E-state index in [0.717, 1.165) is 44.6 Å². The Morgan fingerprint density at radius 1 is 1.16 bits per heavy atom. The van der Waals surface area contributed by atoms with Gasteiger partial charge in [0.25, 0.3) is 0 Å². The maximum Gasteiger partial charge on any atom is 0.244 e. The van der Waals surface area contributed by atoms with Gasteiger partial charge in [-0.05, 0) is 44.2 Å². The van der Waals surface area contributed by atoms with Crippen LogP contribution in [0.25, 0.3) is 0 Å². The highest BCUT2D eigenvalue weighted by atomic mass is 16.2. The van der Waals surface area contributed by atoms with Gasteiger partial charge in [0.05, 0.1) is 6.04 Å². The highest BCUT2D eigenvalue weighted by molar-refractivity contribution is 5.98. The summed E-state index contributed by atoms with van der Waals surface area (Å²) in [6, 6.07) is 8.35. The highest BCUT2D eigenvalue weighted by Crippen LogP contribution is 2.24. The maximum absolute atomic E-state index is 13.0. The number of carbonyl (C=O) groups excluding carboxylic acids is 2. The summed E-state index contributed by atoms with van der Waals surface area (Å²) in [4.78, 5) is 28.3. The molecule has 2 aliphatic rings. The summed E-state index contributed by atoms with van der Waals surface area (Å²) in [5.74, 6) is 0.682. The number of anilines is 1. The molecule has 2 heterocycles. The predicted molar refractivity (Wildman–Crippen MR) is 99.5 cm³/mol. The lowest BCUT2D eigenvalue weighted by Gasteiger charge is -2.40. The molecule has 2 amide bonds. The number of rotatable bonds is 3. The Labute approximate surface area is 150 Å². The van der Waals surface area contributed by atoms with E-state index < -0.39 is 0 Å². The van der Waals surface area contributed by atoms with Gasteiger partial charge in [0.1, 0.15) is 0 Å². The molecular weight excluding hydrogens is 314 g/mol. The molecule has 5 heteroatoms. The Hall–Kier alpha value is -1.88. The number of nitrogens with zero attached hydrogens (tertiary/aromatic N) is 2. The summed E-state index contributed by atoms with van der Waals surface area (Å²) in [5.41, 5.74) is 2.19. The van der Waals surface area contributed by atoms with Crippen molar-refractivity contribution in [1.82, 2.24) is 10.2 Å². The third-order valence-electron chi connectivity index (χ3n) is 5.55. The Balaban J connectivity index is 1.64. The lowest BCUT2D eigenvalue weighted by molar-refractivity contribution is -0.131. The third kappa shape index (κ3) is 4.03. The van der Waals surface area contributed by atoms with Crippen LogP contribution >= 0.6 is 0 Å². The van der Waals surface area contributed by atoms with E-state index in [1.165, 1.54) is 5.56 Å². The van der Waals surface area contributed by atoms with Gasteiger partial charge in [0, 0.05) is 38.3 Å². The van der Waals surface area contributed by atoms with Crippen LogP contribution in [0, 0.1) is 12.8 Å². The maximum atomic E-state index is 13.0. The summed E-state index contributed by atoms with van der Waals surface area (Å²) < 4.78 is 0. The van der Waals surface area contributed by atoms with Crippen LogP contribution in [0.2, 0.25) is 0 Å². The van der Waals surface area contributed by atoms with E-state index in [2.05, 4.69) is 31.3 Å². The number of aryl methyl sites for hydroxylation is 1. The molecule has 136 valence electrons. The van der Waals surface area contributed by atoms with Crippen LogP contribution in [0.3, 0.4) is 0 Å². The Morgan fingerprint density at radius 2 is 1.88 bits per heavy atom. The second-order valence-corrected chi connectivity index (χ2v) is 7.52. The van der Waals surface area contributed by atoms with Gasteiger partial charge in [0.2, 0.25) is 11.8 Å². The number of piperidine rings is 2. The van der Waals surface area contributed by atoms with Gasteiger partial charge < -0.3 is 15.1 Å². The lowest BCUT2D eigenvalue weighted by atomic mass is 9.91. The molecule has 5 nitrogen and oxygen atoms in total. The average Bonchev–Trinajstić information content (AvgIpc) is 2.59. The minimum absolute atomic E-state index is 0.119. The second-order valence-electron chi connectivity index (χ2n) is 7.52. The van der Waals surface area contributed by atoms with Crippen LogP contribution in [0.1, 0.15) is 38.7 Å². The smallest absolute Gasteiger partial charge is 0.244 e. The summed E-state index contributed by atoms with van der Waals surface area (Å²) in [6.45, 7) is 8.19. The molecule has 2 aliphatic heterocycles. The zero-order valence-corrected chi connectivity index (χ0v) is 15.5. The molecule has 3 rings (SSSR count). The summed E-state index contributed by atoms with van der Waals surface area (Å²) in [7, 11) is 0. The van der Waals surface area contributed by atoms with Gasteiger partial charge in [0.15, 0.2) is 0 Å². The molecule has 3 atom stereocenters. The molecule has 0 unspecified atom stereocenters. The molecule has 2 fully saturated rings. The van der Waals surface area contributed by atoms with Crippen molar-refractivity contribution in [3.8, 4) is 0 Å². The number of carbonyl (C=O) groups is 2. The number of benzene rings is 1. The molecule has 1 N–H and O–H groups in total. The molecule has 0 saturated carbocycles. The number of nitrogens with one attached hydrogen (secondary N) is 1. The largest absolute Gasteiger partial charge is 0.343 e. The SMILES string of the molecule is CC(=O)N1CC[C@H](N[C@@H]2CCCN(c3ccc(C)cc3)C2=O)[C@@H](C)C1. The van der Waals surface area contributed by atoms with E-state index in [4.69, 9.17) is 0 Å². The third-order valence-corrected chi connectivity index (χ3v) is 5.55. The predicted octanol–water partition coefficient (Wildman–Crippen LogP) is 2.34. The van der Waals surface area contributed by atoms with E-state index in [1.54, 1.807) is 6.92 Å². The van der Waals surface area contributed by atoms with Crippen LogP contribution in [0.4, 0.5) is 5.69 Å². The van der Waals surface area contributed by atoms with Crippen molar-refractivity contribution < 1.29 is 9.59 Å². The van der Waals surface area contributed by atoms with Crippen LogP contribution in [-0.4, -0.2) is 48.4 Å². The van der Waals surface area contributed by atoms with Crippen molar-refractivity contribution in [2.45, 2.75) is 52.1 Å². The first kappa shape index (κ1) is 17.9. The summed E-state index contributed by atoms with van der Waals surface area (Å²) >= 11 is 0. The Kier molecular flexibility index (Phi) is 5.42. The molecule has 25 heavy (non-hydrogen) atoms. The fourth-order valence-electron chi connectivity index (χ4n) is 3.95. The first-order valence-corrected chi connectivity index (χ1v) is 9.35. The summed E-state index contributed by atoms with van der Waals surface area (Å²) in [5, 5.41) is 3.60. The van der Waals surface area contributed by atoms with Crippen molar-refractivity contribution in [2.75, 3.05) is 24.5 Å². The molecule has 1 aromatic rings. The minimum atomic E-state index is -0.119. The zero-order chi connectivity index (χ0) is 18.0. The number of likely N-dealkylation sites (tertiary alicyclic amines) is 1. The van der Waals surface area contributed by atoms with Crippen molar-refractivity contribution in [1.29, 1.82) is 0 Å². The molecule has 2 saturated heterocycles. The number of amides is 2. The first-order valence-electron chi connectivity index (χ1n) is 9.35. The first-order chi connectivity index (χ1) is 12.0. The fourth-order valence-corrected chi connectivity index (χ4v) is 3.95. The highest BCUT2D eigenvalue weighted by Gasteiger charge is 2.34.